The van der Waals surface area contributed by atoms with Crippen LogP contribution < -0.4 is 10.6 Å². The molecule has 17 heavy (non-hydrogen) atoms. The second-order valence-electron chi connectivity index (χ2n) is 3.52. The molecule has 6 heteroatoms. The van der Waals surface area contributed by atoms with Gasteiger partial charge in [-0.1, -0.05) is 6.07 Å². The van der Waals surface area contributed by atoms with Crippen molar-refractivity contribution in [3.63, 3.8) is 0 Å². The SMILES string of the molecule is NC(CCl)=Nc1cccc(N2CCOC2=O)c1. The molecular weight excluding hydrogens is 242 g/mol. The monoisotopic (exact) mass is 253 g/mol. The fourth-order valence-corrected chi connectivity index (χ4v) is 1.61. The van der Waals surface area contributed by atoms with Crippen molar-refractivity contribution in [1.29, 1.82) is 0 Å². The Morgan fingerprint density at radius 3 is 3.06 bits per heavy atom. The van der Waals surface area contributed by atoms with Gasteiger partial charge in [0.1, 0.15) is 12.4 Å². The molecule has 1 saturated heterocycles. The molecule has 1 aliphatic heterocycles. The van der Waals surface area contributed by atoms with E-state index in [1.54, 1.807) is 23.1 Å². The summed E-state index contributed by atoms with van der Waals surface area (Å²) < 4.78 is 4.87. The van der Waals surface area contributed by atoms with Gasteiger partial charge in [0.2, 0.25) is 0 Å². The Kier molecular flexibility index (Phi) is 3.49. The summed E-state index contributed by atoms with van der Waals surface area (Å²) >= 11 is 5.55. The van der Waals surface area contributed by atoms with Crippen LogP contribution in [0.1, 0.15) is 0 Å². The number of aliphatic imine (C=N–C) groups is 1. The van der Waals surface area contributed by atoms with E-state index in [1.807, 2.05) is 6.07 Å². The van der Waals surface area contributed by atoms with Crippen LogP contribution in [0, 0.1) is 0 Å². The van der Waals surface area contributed by atoms with Crippen LogP contribution in [-0.4, -0.2) is 31.0 Å². The van der Waals surface area contributed by atoms with E-state index < -0.39 is 0 Å². The Morgan fingerprint density at radius 2 is 2.41 bits per heavy atom. The molecule has 0 aromatic heterocycles. The number of ether oxygens (including phenoxy) is 1. The first-order valence-electron chi connectivity index (χ1n) is 5.14. The van der Waals surface area contributed by atoms with E-state index >= 15 is 0 Å². The van der Waals surface area contributed by atoms with Gasteiger partial charge in [0, 0.05) is 5.69 Å². The Bertz CT molecular complexity index is 462. The number of rotatable bonds is 3. The number of nitrogens with zero attached hydrogens (tertiary/aromatic N) is 2. The number of benzene rings is 1. The standard InChI is InChI=1S/C11H12ClN3O2/c12-7-10(13)14-8-2-1-3-9(6-8)15-4-5-17-11(15)16/h1-3,6H,4-5,7H2,(H2,13,14). The highest BCUT2D eigenvalue weighted by Crippen LogP contribution is 2.23. The molecule has 90 valence electrons. The summed E-state index contributed by atoms with van der Waals surface area (Å²) in [5.74, 6) is 0.517. The van der Waals surface area contributed by atoms with Crippen molar-refractivity contribution >= 4 is 34.9 Å². The first-order chi connectivity index (χ1) is 8.20. The van der Waals surface area contributed by atoms with Crippen molar-refractivity contribution in [3.8, 4) is 0 Å². The van der Waals surface area contributed by atoms with Crippen LogP contribution in [0.2, 0.25) is 0 Å². The number of hydrogen-bond donors (Lipinski definition) is 1. The van der Waals surface area contributed by atoms with Crippen LogP contribution in [0.4, 0.5) is 16.2 Å². The number of nitrogens with two attached hydrogens (primary N) is 1. The van der Waals surface area contributed by atoms with Gasteiger partial charge in [0.15, 0.2) is 0 Å². The molecule has 1 aromatic carbocycles. The van der Waals surface area contributed by atoms with Gasteiger partial charge in [-0.2, -0.15) is 0 Å². The highest BCUT2D eigenvalue weighted by Gasteiger charge is 2.23. The quantitative estimate of drug-likeness (QED) is 0.508. The van der Waals surface area contributed by atoms with Crippen LogP contribution >= 0.6 is 11.6 Å². The van der Waals surface area contributed by atoms with Crippen molar-refractivity contribution in [1.82, 2.24) is 0 Å². The summed E-state index contributed by atoms with van der Waals surface area (Å²) in [6, 6.07) is 7.19. The number of carbonyl (C=O) groups excluding carboxylic acids is 1. The van der Waals surface area contributed by atoms with Gasteiger partial charge in [0.25, 0.3) is 0 Å². The molecule has 1 heterocycles. The third-order valence-corrected chi connectivity index (χ3v) is 2.59. The van der Waals surface area contributed by atoms with E-state index in [0.29, 0.717) is 24.7 Å². The molecule has 0 radical (unpaired) electrons. The summed E-state index contributed by atoms with van der Waals surface area (Å²) in [7, 11) is 0. The number of carbonyl (C=O) groups is 1. The number of amides is 1. The first-order valence-corrected chi connectivity index (χ1v) is 5.67. The molecule has 0 unspecified atom stereocenters. The normalized spacial score (nSPS) is 16.2. The average molecular weight is 254 g/mol. The summed E-state index contributed by atoms with van der Waals surface area (Å²) in [6.45, 7) is 0.965. The summed E-state index contributed by atoms with van der Waals surface area (Å²) in [5, 5.41) is 0. The summed E-state index contributed by atoms with van der Waals surface area (Å²) in [4.78, 5) is 17.1. The van der Waals surface area contributed by atoms with Crippen LogP contribution in [-0.2, 0) is 4.74 Å². The Morgan fingerprint density at radius 1 is 1.59 bits per heavy atom. The Hall–Kier alpha value is -1.75. The fourth-order valence-electron chi connectivity index (χ4n) is 1.55. The van der Waals surface area contributed by atoms with Gasteiger partial charge in [-0.05, 0) is 18.2 Å². The van der Waals surface area contributed by atoms with Crippen molar-refractivity contribution in [2.75, 3.05) is 23.9 Å². The maximum atomic E-state index is 11.4. The second-order valence-corrected chi connectivity index (χ2v) is 3.79. The first kappa shape index (κ1) is 11.7. The third kappa shape index (κ3) is 2.68. The lowest BCUT2D eigenvalue weighted by atomic mass is 10.2. The smallest absolute Gasteiger partial charge is 0.414 e. The molecule has 0 bridgehead atoms. The van der Waals surface area contributed by atoms with Crippen molar-refractivity contribution in [2.24, 2.45) is 10.7 Å². The topological polar surface area (TPSA) is 67.9 Å². The minimum Gasteiger partial charge on any atom is -0.447 e. The lowest BCUT2D eigenvalue weighted by molar-refractivity contribution is 0.181. The molecule has 0 atom stereocenters. The van der Waals surface area contributed by atoms with Crippen molar-refractivity contribution < 1.29 is 9.53 Å². The molecule has 1 fully saturated rings. The minimum absolute atomic E-state index is 0.177. The Balaban J connectivity index is 2.25. The maximum Gasteiger partial charge on any atom is 0.414 e. The molecule has 0 aliphatic carbocycles. The van der Waals surface area contributed by atoms with E-state index in [2.05, 4.69) is 4.99 Å². The average Bonchev–Trinajstić information content (AvgIpc) is 2.75. The molecular formula is C11H12ClN3O2. The summed E-state index contributed by atoms with van der Waals surface area (Å²) in [6.07, 6.45) is -0.337. The highest BCUT2D eigenvalue weighted by molar-refractivity contribution is 6.28. The molecule has 0 spiro atoms. The van der Waals surface area contributed by atoms with Crippen molar-refractivity contribution in [3.05, 3.63) is 24.3 Å². The van der Waals surface area contributed by atoms with Gasteiger partial charge in [-0.3, -0.25) is 4.90 Å². The largest absolute Gasteiger partial charge is 0.447 e. The minimum atomic E-state index is -0.337. The molecule has 1 aliphatic rings. The van der Waals surface area contributed by atoms with E-state index in [9.17, 15) is 4.79 Å². The van der Waals surface area contributed by atoms with Crippen LogP contribution in [0.15, 0.2) is 29.3 Å². The highest BCUT2D eigenvalue weighted by atomic mass is 35.5. The van der Waals surface area contributed by atoms with Gasteiger partial charge in [0.05, 0.1) is 18.1 Å². The number of cyclic esters (lactones) is 1. The van der Waals surface area contributed by atoms with Crippen LogP contribution in [0.25, 0.3) is 0 Å². The molecule has 2 rings (SSSR count). The predicted octanol–water partition coefficient (Wildman–Crippen LogP) is 1.87. The lowest BCUT2D eigenvalue weighted by Crippen LogP contribution is -2.23. The lowest BCUT2D eigenvalue weighted by Gasteiger charge is -2.12. The number of anilines is 1. The Labute approximate surface area is 104 Å². The number of hydrogen-bond acceptors (Lipinski definition) is 3. The number of amidine groups is 1. The van der Waals surface area contributed by atoms with Gasteiger partial charge >= 0.3 is 6.09 Å². The predicted molar refractivity (Wildman–Crippen MR) is 67.1 cm³/mol. The van der Waals surface area contributed by atoms with E-state index in [4.69, 9.17) is 22.1 Å². The summed E-state index contributed by atoms with van der Waals surface area (Å²) in [5.41, 5.74) is 6.96. The van der Waals surface area contributed by atoms with Crippen LogP contribution in [0.3, 0.4) is 0 Å². The van der Waals surface area contributed by atoms with Gasteiger partial charge in [-0.25, -0.2) is 9.79 Å². The second kappa shape index (κ2) is 5.05. The molecule has 1 amide bonds. The van der Waals surface area contributed by atoms with Crippen LogP contribution in [0.5, 0.6) is 0 Å². The number of alkyl halides is 1. The van der Waals surface area contributed by atoms with E-state index in [1.165, 1.54) is 0 Å². The zero-order chi connectivity index (χ0) is 12.3. The zero-order valence-corrected chi connectivity index (χ0v) is 9.85. The maximum absolute atomic E-state index is 11.4. The molecule has 5 nitrogen and oxygen atoms in total. The van der Waals surface area contributed by atoms with Gasteiger partial charge < -0.3 is 10.5 Å². The van der Waals surface area contributed by atoms with Crippen molar-refractivity contribution in [2.45, 2.75) is 0 Å². The van der Waals surface area contributed by atoms with Gasteiger partial charge in [-0.15, -0.1) is 11.6 Å². The molecule has 0 saturated carbocycles. The third-order valence-electron chi connectivity index (χ3n) is 2.31. The number of halogens is 1. The molecule has 1 aromatic rings. The van der Waals surface area contributed by atoms with E-state index in [-0.39, 0.29) is 12.0 Å². The fraction of sp³-hybridized carbons (Fsp3) is 0.273. The van der Waals surface area contributed by atoms with E-state index in [0.717, 1.165) is 5.69 Å². The molecule has 2 N–H and O–H groups in total. The zero-order valence-electron chi connectivity index (χ0n) is 9.10.